The summed E-state index contributed by atoms with van der Waals surface area (Å²) >= 11 is 0. The molecule has 0 saturated heterocycles. The Morgan fingerprint density at radius 3 is 1.68 bits per heavy atom. The van der Waals surface area contributed by atoms with Gasteiger partial charge in [-0.3, -0.25) is 4.79 Å². The highest BCUT2D eigenvalue weighted by atomic mass is 16.5. The molecule has 0 unspecified atom stereocenters. The van der Waals surface area contributed by atoms with Gasteiger partial charge >= 0.3 is 0 Å². The van der Waals surface area contributed by atoms with Crippen molar-refractivity contribution < 1.29 is 14.3 Å². The molecule has 0 fully saturated rings. The van der Waals surface area contributed by atoms with Crippen LogP contribution < -0.4 is 14.4 Å². The minimum absolute atomic E-state index is 0.639. The molecule has 0 bridgehead atoms. The lowest BCUT2D eigenvalue weighted by atomic mass is 10.1. The van der Waals surface area contributed by atoms with Crippen molar-refractivity contribution in [3.05, 3.63) is 78.4 Å². The van der Waals surface area contributed by atoms with Crippen LogP contribution in [0.1, 0.15) is 10.4 Å². The molecule has 0 radical (unpaired) electrons. The Hall–Kier alpha value is -3.27. The molecule has 0 spiro atoms. The molecule has 0 aliphatic carbocycles. The first-order valence-electron chi connectivity index (χ1n) is 7.88. The molecular weight excluding hydrogens is 314 g/mol. The van der Waals surface area contributed by atoms with Gasteiger partial charge in [0.05, 0.1) is 14.2 Å². The number of carbonyl (C=O) groups excluding carboxylic acids is 1. The highest BCUT2D eigenvalue weighted by Gasteiger charge is 2.14. The molecule has 0 amide bonds. The molecule has 4 nitrogen and oxygen atoms in total. The third-order valence-corrected chi connectivity index (χ3v) is 3.91. The zero-order valence-electron chi connectivity index (χ0n) is 14.2. The largest absolute Gasteiger partial charge is 0.497 e. The Balaban J connectivity index is 2.13. The van der Waals surface area contributed by atoms with E-state index in [2.05, 4.69) is 4.90 Å². The van der Waals surface area contributed by atoms with Gasteiger partial charge in [0.25, 0.3) is 0 Å². The number of aldehydes is 1. The molecule has 3 aromatic carbocycles. The number of anilines is 3. The maximum Gasteiger partial charge on any atom is 0.150 e. The molecule has 4 heteroatoms. The van der Waals surface area contributed by atoms with Gasteiger partial charge in [-0.05, 0) is 48.5 Å². The summed E-state index contributed by atoms with van der Waals surface area (Å²) in [5, 5.41) is 0. The van der Waals surface area contributed by atoms with Crippen molar-refractivity contribution in [1.82, 2.24) is 0 Å². The lowest BCUT2D eigenvalue weighted by Crippen LogP contribution is -2.10. The maximum atomic E-state index is 10.9. The number of ether oxygens (including phenoxy) is 2. The first kappa shape index (κ1) is 16.6. The van der Waals surface area contributed by atoms with Crippen LogP contribution in [0.25, 0.3) is 0 Å². The smallest absolute Gasteiger partial charge is 0.150 e. The van der Waals surface area contributed by atoms with Crippen LogP contribution >= 0.6 is 0 Å². The van der Waals surface area contributed by atoms with E-state index in [1.54, 1.807) is 26.4 Å². The van der Waals surface area contributed by atoms with Gasteiger partial charge in [-0.25, -0.2) is 0 Å². The maximum absolute atomic E-state index is 10.9. The van der Waals surface area contributed by atoms with Gasteiger partial charge in [0.1, 0.15) is 17.8 Å². The third kappa shape index (κ3) is 3.63. The van der Waals surface area contributed by atoms with Gasteiger partial charge < -0.3 is 14.4 Å². The summed E-state index contributed by atoms with van der Waals surface area (Å²) in [7, 11) is 3.29. The lowest BCUT2D eigenvalue weighted by Gasteiger charge is -2.26. The molecule has 0 saturated carbocycles. The van der Waals surface area contributed by atoms with E-state index >= 15 is 0 Å². The molecule has 25 heavy (non-hydrogen) atoms. The number of rotatable bonds is 6. The Kier molecular flexibility index (Phi) is 5.00. The fourth-order valence-electron chi connectivity index (χ4n) is 2.65. The Labute approximate surface area is 147 Å². The molecule has 0 aliphatic heterocycles. The summed E-state index contributed by atoms with van der Waals surface area (Å²) in [6.07, 6.45) is 0.839. The SMILES string of the molecule is COc1cccc(N(c2ccc(C=O)cc2)c2cccc(OC)c2)c1. The molecule has 3 aromatic rings. The normalized spacial score (nSPS) is 10.2. The summed E-state index contributed by atoms with van der Waals surface area (Å²) in [4.78, 5) is 13.0. The van der Waals surface area contributed by atoms with Crippen molar-refractivity contribution in [3.8, 4) is 11.5 Å². The number of methoxy groups -OCH3 is 2. The quantitative estimate of drug-likeness (QED) is 0.596. The van der Waals surface area contributed by atoms with Gasteiger partial charge in [-0.1, -0.05) is 12.1 Å². The zero-order chi connectivity index (χ0) is 17.6. The van der Waals surface area contributed by atoms with Crippen LogP contribution in [0.15, 0.2) is 72.8 Å². The summed E-state index contributed by atoms with van der Waals surface area (Å²) in [6.45, 7) is 0. The van der Waals surface area contributed by atoms with Crippen LogP contribution in [-0.2, 0) is 0 Å². The summed E-state index contributed by atoms with van der Waals surface area (Å²) in [6, 6.07) is 23.1. The highest BCUT2D eigenvalue weighted by Crippen LogP contribution is 2.37. The number of carbonyl (C=O) groups is 1. The second-order valence-corrected chi connectivity index (χ2v) is 5.45. The van der Waals surface area contributed by atoms with Gasteiger partial charge in [-0.2, -0.15) is 0 Å². The van der Waals surface area contributed by atoms with E-state index in [-0.39, 0.29) is 0 Å². The fourth-order valence-corrected chi connectivity index (χ4v) is 2.65. The van der Waals surface area contributed by atoms with Crippen molar-refractivity contribution in [1.29, 1.82) is 0 Å². The van der Waals surface area contributed by atoms with Crippen LogP contribution in [0.5, 0.6) is 11.5 Å². The van der Waals surface area contributed by atoms with E-state index in [0.717, 1.165) is 34.8 Å². The van der Waals surface area contributed by atoms with E-state index < -0.39 is 0 Å². The van der Waals surface area contributed by atoms with Crippen molar-refractivity contribution in [2.24, 2.45) is 0 Å². The van der Waals surface area contributed by atoms with Gasteiger partial charge in [-0.15, -0.1) is 0 Å². The standard InChI is InChI=1S/C21H19NO3/c1-24-20-7-3-5-18(13-20)22(17-11-9-16(15-23)10-12-17)19-6-4-8-21(14-19)25-2/h3-15H,1-2H3. The van der Waals surface area contributed by atoms with Crippen LogP contribution in [-0.4, -0.2) is 20.5 Å². The van der Waals surface area contributed by atoms with E-state index in [1.807, 2.05) is 60.7 Å². The molecule has 126 valence electrons. The summed E-state index contributed by atoms with van der Waals surface area (Å²) < 4.78 is 10.7. The predicted molar refractivity (Wildman–Crippen MR) is 99.6 cm³/mol. The van der Waals surface area contributed by atoms with Crippen molar-refractivity contribution in [3.63, 3.8) is 0 Å². The third-order valence-electron chi connectivity index (χ3n) is 3.91. The average Bonchev–Trinajstić information content (AvgIpc) is 2.69. The summed E-state index contributed by atoms with van der Waals surface area (Å²) in [5.41, 5.74) is 3.48. The molecule has 0 atom stereocenters. The minimum Gasteiger partial charge on any atom is -0.497 e. The van der Waals surface area contributed by atoms with Gasteiger partial charge in [0.15, 0.2) is 0 Å². The second kappa shape index (κ2) is 7.53. The van der Waals surface area contributed by atoms with E-state index in [0.29, 0.717) is 5.56 Å². The number of nitrogens with zero attached hydrogens (tertiary/aromatic N) is 1. The molecule has 0 aliphatic rings. The monoisotopic (exact) mass is 333 g/mol. The minimum atomic E-state index is 0.639. The Morgan fingerprint density at radius 2 is 1.24 bits per heavy atom. The van der Waals surface area contributed by atoms with E-state index in [4.69, 9.17) is 9.47 Å². The van der Waals surface area contributed by atoms with Crippen molar-refractivity contribution in [2.75, 3.05) is 19.1 Å². The zero-order valence-corrected chi connectivity index (χ0v) is 14.2. The number of benzene rings is 3. The molecule has 0 heterocycles. The summed E-state index contributed by atoms with van der Waals surface area (Å²) in [5.74, 6) is 1.55. The first-order chi connectivity index (χ1) is 12.2. The average molecular weight is 333 g/mol. The Morgan fingerprint density at radius 1 is 0.720 bits per heavy atom. The number of hydrogen-bond donors (Lipinski definition) is 0. The predicted octanol–water partition coefficient (Wildman–Crippen LogP) is 4.99. The molecule has 3 rings (SSSR count). The number of hydrogen-bond acceptors (Lipinski definition) is 4. The lowest BCUT2D eigenvalue weighted by molar-refractivity contribution is 0.112. The van der Waals surface area contributed by atoms with Crippen LogP contribution in [0, 0.1) is 0 Å². The Bertz CT molecular complexity index is 812. The van der Waals surface area contributed by atoms with Crippen LogP contribution in [0.4, 0.5) is 17.1 Å². The first-order valence-corrected chi connectivity index (χ1v) is 7.88. The molecule has 0 N–H and O–H groups in total. The van der Waals surface area contributed by atoms with Crippen molar-refractivity contribution in [2.45, 2.75) is 0 Å². The fraction of sp³-hybridized carbons (Fsp3) is 0.0952. The van der Waals surface area contributed by atoms with E-state index in [9.17, 15) is 4.79 Å². The van der Waals surface area contributed by atoms with Gasteiger partial charge in [0.2, 0.25) is 0 Å². The molecular formula is C21H19NO3. The van der Waals surface area contributed by atoms with E-state index in [1.165, 1.54) is 0 Å². The van der Waals surface area contributed by atoms with Crippen LogP contribution in [0.2, 0.25) is 0 Å². The van der Waals surface area contributed by atoms with Crippen molar-refractivity contribution >= 4 is 23.3 Å². The highest BCUT2D eigenvalue weighted by molar-refractivity contribution is 5.80. The van der Waals surface area contributed by atoms with Crippen LogP contribution in [0.3, 0.4) is 0 Å². The second-order valence-electron chi connectivity index (χ2n) is 5.45. The topological polar surface area (TPSA) is 38.8 Å². The molecule has 0 aromatic heterocycles. The van der Waals surface area contributed by atoms with Gasteiger partial charge in [0, 0.05) is 34.8 Å².